The van der Waals surface area contributed by atoms with Crippen LogP contribution in [0, 0.1) is 0 Å². The fourth-order valence-corrected chi connectivity index (χ4v) is 3.54. The summed E-state index contributed by atoms with van der Waals surface area (Å²) in [5, 5.41) is 1.96. The molecule has 1 aliphatic carbocycles. The summed E-state index contributed by atoms with van der Waals surface area (Å²) in [4.78, 5) is 4.11. The van der Waals surface area contributed by atoms with Crippen molar-refractivity contribution in [3.8, 4) is 0 Å². The Morgan fingerprint density at radius 2 is 2.33 bits per heavy atom. The molecule has 0 radical (unpaired) electrons. The van der Waals surface area contributed by atoms with E-state index >= 15 is 0 Å². The molecule has 0 aromatic carbocycles. The van der Waals surface area contributed by atoms with E-state index in [1.807, 2.05) is 6.92 Å². The standard InChI is InChI=1S/C8H13N3O2S2/c1-5(9)7-4-14-8(10-7)11-15(12,13)6-2-3-6/h4-6H,2-3,9H2,1H3,(H,10,11). The Balaban J connectivity index is 2.10. The summed E-state index contributed by atoms with van der Waals surface area (Å²) < 4.78 is 25.6. The fourth-order valence-electron chi connectivity index (χ4n) is 1.13. The molecule has 1 unspecified atom stereocenters. The second-order valence-electron chi connectivity index (χ2n) is 3.71. The molecule has 1 heterocycles. The van der Waals surface area contributed by atoms with Crippen molar-refractivity contribution in [2.24, 2.45) is 5.73 Å². The molecule has 1 aromatic heterocycles. The number of nitrogens with two attached hydrogens (primary N) is 1. The highest BCUT2D eigenvalue weighted by molar-refractivity contribution is 7.93. The van der Waals surface area contributed by atoms with Gasteiger partial charge in [-0.3, -0.25) is 4.72 Å². The third-order valence-electron chi connectivity index (χ3n) is 2.18. The fraction of sp³-hybridized carbons (Fsp3) is 0.625. The molecule has 1 aromatic rings. The van der Waals surface area contributed by atoms with Gasteiger partial charge in [0.1, 0.15) is 0 Å². The van der Waals surface area contributed by atoms with Crippen LogP contribution in [0.3, 0.4) is 0 Å². The SMILES string of the molecule is CC(N)c1csc(NS(=O)(=O)C2CC2)n1. The third kappa shape index (κ3) is 2.47. The zero-order valence-electron chi connectivity index (χ0n) is 8.30. The molecule has 5 nitrogen and oxygen atoms in total. The van der Waals surface area contributed by atoms with Gasteiger partial charge in [0, 0.05) is 11.4 Å². The summed E-state index contributed by atoms with van der Waals surface area (Å²) in [7, 11) is -3.20. The molecule has 0 saturated heterocycles. The first-order valence-electron chi connectivity index (χ1n) is 4.71. The summed E-state index contributed by atoms with van der Waals surface area (Å²) >= 11 is 1.27. The van der Waals surface area contributed by atoms with Crippen molar-refractivity contribution < 1.29 is 8.42 Å². The van der Waals surface area contributed by atoms with E-state index in [1.54, 1.807) is 5.38 Å². The van der Waals surface area contributed by atoms with Crippen LogP contribution in [0.1, 0.15) is 31.5 Å². The van der Waals surface area contributed by atoms with E-state index in [4.69, 9.17) is 5.73 Å². The minimum absolute atomic E-state index is 0.166. The summed E-state index contributed by atoms with van der Waals surface area (Å²) in [6, 6.07) is -0.166. The van der Waals surface area contributed by atoms with Gasteiger partial charge in [-0.25, -0.2) is 13.4 Å². The highest BCUT2D eigenvalue weighted by atomic mass is 32.2. The number of nitrogens with zero attached hydrogens (tertiary/aromatic N) is 1. The molecule has 0 spiro atoms. The molecular weight excluding hydrogens is 234 g/mol. The molecule has 0 amide bonds. The molecule has 0 bridgehead atoms. The van der Waals surface area contributed by atoms with Crippen LogP contribution < -0.4 is 10.5 Å². The van der Waals surface area contributed by atoms with Gasteiger partial charge in [-0.05, 0) is 19.8 Å². The Morgan fingerprint density at radius 1 is 1.67 bits per heavy atom. The highest BCUT2D eigenvalue weighted by Gasteiger charge is 2.36. The van der Waals surface area contributed by atoms with Crippen LogP contribution in [0.15, 0.2) is 5.38 Å². The molecule has 0 aliphatic heterocycles. The lowest BCUT2D eigenvalue weighted by molar-refractivity contribution is 0.600. The van der Waals surface area contributed by atoms with Crippen molar-refractivity contribution in [2.75, 3.05) is 4.72 Å². The molecule has 1 fully saturated rings. The number of nitrogens with one attached hydrogen (secondary N) is 1. The Hall–Kier alpha value is -0.660. The lowest BCUT2D eigenvalue weighted by Gasteiger charge is -2.02. The molecule has 2 rings (SSSR count). The predicted octanol–water partition coefficient (Wildman–Crippen LogP) is 1.07. The van der Waals surface area contributed by atoms with Gasteiger partial charge in [-0.1, -0.05) is 0 Å². The van der Waals surface area contributed by atoms with Crippen molar-refractivity contribution in [3.05, 3.63) is 11.1 Å². The second-order valence-corrected chi connectivity index (χ2v) is 6.53. The molecule has 15 heavy (non-hydrogen) atoms. The zero-order chi connectivity index (χ0) is 11.1. The summed E-state index contributed by atoms with van der Waals surface area (Å²) in [6.45, 7) is 1.81. The summed E-state index contributed by atoms with van der Waals surface area (Å²) in [5.74, 6) is 0. The van der Waals surface area contributed by atoms with E-state index in [-0.39, 0.29) is 11.3 Å². The minimum Gasteiger partial charge on any atom is -0.323 e. The van der Waals surface area contributed by atoms with Gasteiger partial charge in [0.15, 0.2) is 5.13 Å². The van der Waals surface area contributed by atoms with Gasteiger partial charge < -0.3 is 5.73 Å². The zero-order valence-corrected chi connectivity index (χ0v) is 9.94. The van der Waals surface area contributed by atoms with Gasteiger partial charge in [0.05, 0.1) is 10.9 Å². The minimum atomic E-state index is -3.20. The number of aromatic nitrogens is 1. The van der Waals surface area contributed by atoms with Gasteiger partial charge in [0.25, 0.3) is 0 Å². The average molecular weight is 247 g/mol. The summed E-state index contributed by atoms with van der Waals surface area (Å²) in [6.07, 6.45) is 1.50. The number of thiazole rings is 1. The average Bonchev–Trinajstić information content (AvgIpc) is 2.88. The van der Waals surface area contributed by atoms with Crippen LogP contribution in [0.2, 0.25) is 0 Å². The van der Waals surface area contributed by atoms with Gasteiger partial charge >= 0.3 is 0 Å². The molecule has 84 valence electrons. The Bertz CT molecular complexity index is 448. The third-order valence-corrected chi connectivity index (χ3v) is 4.91. The van der Waals surface area contributed by atoms with E-state index in [1.165, 1.54) is 11.3 Å². The molecule has 1 aliphatic rings. The molecular formula is C8H13N3O2S2. The van der Waals surface area contributed by atoms with Gasteiger partial charge in [-0.15, -0.1) is 11.3 Å². The van der Waals surface area contributed by atoms with Crippen LogP contribution in [-0.2, 0) is 10.0 Å². The lowest BCUT2D eigenvalue weighted by atomic mass is 10.3. The first-order chi connectivity index (χ1) is 6.99. The topological polar surface area (TPSA) is 85.1 Å². The van der Waals surface area contributed by atoms with E-state index in [0.29, 0.717) is 10.8 Å². The van der Waals surface area contributed by atoms with E-state index in [0.717, 1.165) is 12.8 Å². The number of anilines is 1. The van der Waals surface area contributed by atoms with Crippen molar-refractivity contribution >= 4 is 26.5 Å². The Morgan fingerprint density at radius 3 is 2.80 bits per heavy atom. The van der Waals surface area contributed by atoms with Crippen molar-refractivity contribution in [1.82, 2.24) is 4.98 Å². The Kier molecular flexibility index (Phi) is 2.70. The second kappa shape index (κ2) is 3.73. The van der Waals surface area contributed by atoms with Crippen LogP contribution in [0.4, 0.5) is 5.13 Å². The molecule has 1 atom stereocenters. The van der Waals surface area contributed by atoms with E-state index in [9.17, 15) is 8.42 Å². The highest BCUT2D eigenvalue weighted by Crippen LogP contribution is 2.30. The maximum Gasteiger partial charge on any atom is 0.237 e. The van der Waals surface area contributed by atoms with Crippen LogP contribution >= 0.6 is 11.3 Å². The number of sulfonamides is 1. The van der Waals surface area contributed by atoms with Crippen molar-refractivity contribution in [3.63, 3.8) is 0 Å². The van der Waals surface area contributed by atoms with Crippen LogP contribution in [-0.4, -0.2) is 18.7 Å². The van der Waals surface area contributed by atoms with Gasteiger partial charge in [-0.2, -0.15) is 0 Å². The van der Waals surface area contributed by atoms with E-state index in [2.05, 4.69) is 9.71 Å². The monoisotopic (exact) mass is 247 g/mol. The smallest absolute Gasteiger partial charge is 0.237 e. The number of rotatable bonds is 4. The maximum atomic E-state index is 11.6. The Labute approximate surface area is 92.8 Å². The van der Waals surface area contributed by atoms with Crippen LogP contribution in [0.25, 0.3) is 0 Å². The van der Waals surface area contributed by atoms with Crippen molar-refractivity contribution in [1.29, 1.82) is 0 Å². The first kappa shape index (κ1) is 10.8. The normalized spacial score (nSPS) is 18.8. The van der Waals surface area contributed by atoms with E-state index < -0.39 is 10.0 Å². The molecule has 3 N–H and O–H groups in total. The van der Waals surface area contributed by atoms with Crippen LogP contribution in [0.5, 0.6) is 0 Å². The largest absolute Gasteiger partial charge is 0.323 e. The number of hydrogen-bond acceptors (Lipinski definition) is 5. The van der Waals surface area contributed by atoms with Gasteiger partial charge in [0.2, 0.25) is 10.0 Å². The molecule has 7 heteroatoms. The maximum absolute atomic E-state index is 11.6. The summed E-state index contributed by atoms with van der Waals surface area (Å²) in [5.41, 5.74) is 6.35. The first-order valence-corrected chi connectivity index (χ1v) is 7.14. The predicted molar refractivity (Wildman–Crippen MR) is 60.3 cm³/mol. The molecule has 1 saturated carbocycles. The quantitative estimate of drug-likeness (QED) is 0.833. The van der Waals surface area contributed by atoms with Crippen molar-refractivity contribution in [2.45, 2.75) is 31.1 Å². The number of hydrogen-bond donors (Lipinski definition) is 2. The lowest BCUT2D eigenvalue weighted by Crippen LogP contribution is -2.17.